The number of carbonyl (C=O) groups excluding carboxylic acids is 2. The van der Waals surface area contributed by atoms with Crippen molar-refractivity contribution in [2.24, 2.45) is 0 Å². The van der Waals surface area contributed by atoms with Crippen LogP contribution in [-0.2, 0) is 16.0 Å². The van der Waals surface area contributed by atoms with Crippen molar-refractivity contribution in [2.75, 3.05) is 0 Å². The van der Waals surface area contributed by atoms with Gasteiger partial charge in [0, 0.05) is 24.5 Å². The molecule has 2 heterocycles. The maximum absolute atomic E-state index is 12.2. The van der Waals surface area contributed by atoms with Crippen LogP contribution in [0.5, 0.6) is 0 Å². The highest BCUT2D eigenvalue weighted by atomic mass is 35.5. The second kappa shape index (κ2) is 7.37. The van der Waals surface area contributed by atoms with Crippen molar-refractivity contribution in [1.82, 2.24) is 10.5 Å². The number of halogens is 1. The molecular formula is C21H17ClN2O3. The molecule has 3 aromatic rings. The molecular weight excluding hydrogens is 364 g/mol. The maximum atomic E-state index is 12.2. The normalized spacial score (nSPS) is 17.0. The van der Waals surface area contributed by atoms with Crippen LogP contribution in [0.15, 0.2) is 59.3 Å². The van der Waals surface area contributed by atoms with Crippen LogP contribution in [-0.4, -0.2) is 17.0 Å². The number of nitrogens with one attached hydrogen (secondary N) is 1. The van der Waals surface area contributed by atoms with Gasteiger partial charge in [0.05, 0.1) is 16.6 Å². The highest BCUT2D eigenvalue weighted by molar-refractivity contribution is 6.34. The number of benzene rings is 2. The van der Waals surface area contributed by atoms with Crippen LogP contribution in [0.2, 0.25) is 5.02 Å². The average Bonchev–Trinajstić information content (AvgIpc) is 3.16. The van der Waals surface area contributed by atoms with Gasteiger partial charge in [-0.3, -0.25) is 14.9 Å². The van der Waals surface area contributed by atoms with Gasteiger partial charge in [-0.05, 0) is 23.1 Å². The number of hydrogen-bond donors (Lipinski definition) is 1. The topological polar surface area (TPSA) is 72.2 Å². The molecule has 1 aromatic heterocycles. The summed E-state index contributed by atoms with van der Waals surface area (Å²) >= 11 is 6.65. The lowest BCUT2D eigenvalue weighted by atomic mass is 9.88. The van der Waals surface area contributed by atoms with Gasteiger partial charge in [-0.25, -0.2) is 0 Å². The number of nitrogens with zero attached hydrogens (tertiary/aromatic N) is 1. The standard InChI is InChI=1S/C21H17ClN2O3/c22-20-16(2-1-3-17(20)18-8-9-19(25)23-21(18)26)14-6-4-13(5-7-14)12-15-10-11-27-24-15/h1-7,10-11,18H,8-9,12H2,(H,23,25,26). The molecule has 6 heteroatoms. The van der Waals surface area contributed by atoms with E-state index >= 15 is 0 Å². The molecule has 1 aliphatic heterocycles. The third-order valence-corrected chi connectivity index (χ3v) is 5.21. The molecule has 27 heavy (non-hydrogen) atoms. The van der Waals surface area contributed by atoms with Crippen molar-refractivity contribution in [2.45, 2.75) is 25.2 Å². The summed E-state index contributed by atoms with van der Waals surface area (Å²) in [4.78, 5) is 23.6. The lowest BCUT2D eigenvalue weighted by Crippen LogP contribution is -2.39. The van der Waals surface area contributed by atoms with E-state index in [4.69, 9.17) is 16.1 Å². The molecule has 0 saturated carbocycles. The van der Waals surface area contributed by atoms with Crippen LogP contribution in [0.25, 0.3) is 11.1 Å². The molecule has 2 amide bonds. The molecule has 0 spiro atoms. The first-order valence-corrected chi connectivity index (χ1v) is 9.10. The highest BCUT2D eigenvalue weighted by Crippen LogP contribution is 2.37. The number of amides is 2. The minimum absolute atomic E-state index is 0.230. The van der Waals surface area contributed by atoms with Crippen molar-refractivity contribution < 1.29 is 14.1 Å². The number of aromatic nitrogens is 1. The van der Waals surface area contributed by atoms with Gasteiger partial charge < -0.3 is 4.52 Å². The fourth-order valence-electron chi connectivity index (χ4n) is 3.37. The summed E-state index contributed by atoms with van der Waals surface area (Å²) in [6.07, 6.45) is 3.06. The summed E-state index contributed by atoms with van der Waals surface area (Å²) in [5, 5.41) is 6.87. The maximum Gasteiger partial charge on any atom is 0.234 e. The van der Waals surface area contributed by atoms with E-state index in [-0.39, 0.29) is 11.8 Å². The Labute approximate surface area is 161 Å². The molecule has 1 saturated heterocycles. The van der Waals surface area contributed by atoms with E-state index < -0.39 is 5.92 Å². The molecule has 0 bridgehead atoms. The molecule has 1 unspecified atom stereocenters. The third kappa shape index (κ3) is 3.64. The first-order valence-electron chi connectivity index (χ1n) is 8.72. The third-order valence-electron chi connectivity index (χ3n) is 4.78. The van der Waals surface area contributed by atoms with Gasteiger partial charge in [-0.1, -0.05) is 59.2 Å². The second-order valence-corrected chi connectivity index (χ2v) is 6.95. The largest absolute Gasteiger partial charge is 0.365 e. The van der Waals surface area contributed by atoms with Crippen molar-refractivity contribution in [3.63, 3.8) is 0 Å². The van der Waals surface area contributed by atoms with E-state index in [1.54, 1.807) is 6.26 Å². The molecule has 2 aromatic carbocycles. The van der Waals surface area contributed by atoms with Crippen LogP contribution < -0.4 is 5.32 Å². The minimum atomic E-state index is -0.401. The zero-order valence-corrected chi connectivity index (χ0v) is 15.2. The van der Waals surface area contributed by atoms with E-state index in [0.29, 0.717) is 24.3 Å². The van der Waals surface area contributed by atoms with Gasteiger partial charge in [0.15, 0.2) is 0 Å². The summed E-state index contributed by atoms with van der Waals surface area (Å²) < 4.78 is 4.86. The molecule has 1 aliphatic rings. The number of carbonyl (C=O) groups is 2. The lowest BCUT2D eigenvalue weighted by molar-refractivity contribution is -0.134. The van der Waals surface area contributed by atoms with Gasteiger partial charge in [0.2, 0.25) is 11.8 Å². The Kier molecular flexibility index (Phi) is 4.77. The Morgan fingerprint density at radius 3 is 2.63 bits per heavy atom. The van der Waals surface area contributed by atoms with E-state index in [9.17, 15) is 9.59 Å². The van der Waals surface area contributed by atoms with Crippen molar-refractivity contribution in [1.29, 1.82) is 0 Å². The predicted octanol–water partition coefficient (Wildman–Crippen LogP) is 4.11. The number of piperidine rings is 1. The zero-order valence-electron chi connectivity index (χ0n) is 14.4. The summed E-state index contributed by atoms with van der Waals surface area (Å²) in [5.74, 6) is -0.916. The Hall–Kier alpha value is -2.92. The monoisotopic (exact) mass is 380 g/mol. The first-order chi connectivity index (χ1) is 13.1. The minimum Gasteiger partial charge on any atom is -0.365 e. The van der Waals surface area contributed by atoms with E-state index in [1.807, 2.05) is 48.5 Å². The van der Waals surface area contributed by atoms with Gasteiger partial charge >= 0.3 is 0 Å². The van der Waals surface area contributed by atoms with E-state index in [2.05, 4.69) is 10.5 Å². The van der Waals surface area contributed by atoms with Crippen LogP contribution >= 0.6 is 11.6 Å². The van der Waals surface area contributed by atoms with Gasteiger partial charge in [0.25, 0.3) is 0 Å². The average molecular weight is 381 g/mol. The number of hydrogen-bond acceptors (Lipinski definition) is 4. The van der Waals surface area contributed by atoms with Crippen molar-refractivity contribution in [3.05, 3.63) is 76.6 Å². The zero-order chi connectivity index (χ0) is 18.8. The molecule has 1 N–H and O–H groups in total. The lowest BCUT2D eigenvalue weighted by Gasteiger charge is -2.23. The summed E-state index contributed by atoms with van der Waals surface area (Å²) in [5.41, 5.74) is 4.58. The van der Waals surface area contributed by atoms with Crippen LogP contribution in [0.1, 0.15) is 35.6 Å². The molecule has 1 fully saturated rings. The molecule has 4 rings (SSSR count). The van der Waals surface area contributed by atoms with Gasteiger partial charge in [-0.15, -0.1) is 0 Å². The Balaban J connectivity index is 1.60. The fourth-order valence-corrected chi connectivity index (χ4v) is 3.74. The van der Waals surface area contributed by atoms with Crippen LogP contribution in [0, 0.1) is 0 Å². The summed E-state index contributed by atoms with van der Waals surface area (Å²) in [7, 11) is 0. The molecule has 136 valence electrons. The van der Waals surface area contributed by atoms with Crippen LogP contribution in [0.4, 0.5) is 0 Å². The van der Waals surface area contributed by atoms with E-state index in [0.717, 1.165) is 27.9 Å². The molecule has 0 aliphatic carbocycles. The van der Waals surface area contributed by atoms with Crippen molar-refractivity contribution in [3.8, 4) is 11.1 Å². The van der Waals surface area contributed by atoms with Crippen LogP contribution in [0.3, 0.4) is 0 Å². The first kappa shape index (κ1) is 17.5. The van der Waals surface area contributed by atoms with Crippen molar-refractivity contribution >= 4 is 23.4 Å². The fraction of sp³-hybridized carbons (Fsp3) is 0.190. The quantitative estimate of drug-likeness (QED) is 0.691. The number of rotatable bonds is 4. The second-order valence-electron chi connectivity index (χ2n) is 6.58. The molecule has 5 nitrogen and oxygen atoms in total. The Morgan fingerprint density at radius 2 is 1.93 bits per heavy atom. The summed E-state index contributed by atoms with van der Waals surface area (Å²) in [6, 6.07) is 15.6. The predicted molar refractivity (Wildman–Crippen MR) is 101 cm³/mol. The Morgan fingerprint density at radius 1 is 1.11 bits per heavy atom. The van der Waals surface area contributed by atoms with E-state index in [1.165, 1.54) is 0 Å². The number of imide groups is 1. The van der Waals surface area contributed by atoms with Gasteiger partial charge in [0.1, 0.15) is 6.26 Å². The summed E-state index contributed by atoms with van der Waals surface area (Å²) in [6.45, 7) is 0. The highest BCUT2D eigenvalue weighted by Gasteiger charge is 2.30. The SMILES string of the molecule is O=C1CCC(c2cccc(-c3ccc(Cc4ccon4)cc3)c2Cl)C(=O)N1. The smallest absolute Gasteiger partial charge is 0.234 e. The van der Waals surface area contributed by atoms with Gasteiger partial charge in [-0.2, -0.15) is 0 Å². The Bertz CT molecular complexity index is 981. The molecule has 0 radical (unpaired) electrons. The molecule has 1 atom stereocenters.